The molecule has 1 aromatic carbocycles. The van der Waals surface area contributed by atoms with Gasteiger partial charge in [0, 0.05) is 53.4 Å². The van der Waals surface area contributed by atoms with Gasteiger partial charge in [0.05, 0.1) is 30.8 Å². The number of fused-ring (bicyclic) bond motifs is 1. The van der Waals surface area contributed by atoms with Gasteiger partial charge in [0.15, 0.2) is 0 Å². The zero-order valence-corrected chi connectivity index (χ0v) is 24.6. The summed E-state index contributed by atoms with van der Waals surface area (Å²) < 4.78 is 6.12. The normalized spacial score (nSPS) is 17.9. The fourth-order valence-electron chi connectivity index (χ4n) is 5.37. The number of urea groups is 1. The van der Waals surface area contributed by atoms with Crippen LogP contribution in [0.4, 0.5) is 22.0 Å². The third-order valence-electron chi connectivity index (χ3n) is 7.27. The number of carbonyl (C=O) groups is 2. The van der Waals surface area contributed by atoms with Gasteiger partial charge in [-0.2, -0.15) is 0 Å². The molecule has 0 saturated heterocycles. The summed E-state index contributed by atoms with van der Waals surface area (Å²) >= 11 is 6.60. The SMILES string of the molecule is CCNC(=O)N1c2cnccc2N(CCOCC2=CC(c3ccccc3Cl)C(C(=O)Nc3ccccn3)=C(C)N2)C1C. The van der Waals surface area contributed by atoms with Gasteiger partial charge in [0.1, 0.15) is 12.0 Å². The molecule has 5 rings (SSSR count). The summed E-state index contributed by atoms with van der Waals surface area (Å²) in [5.41, 5.74) is 4.62. The van der Waals surface area contributed by atoms with E-state index in [9.17, 15) is 9.59 Å². The van der Waals surface area contributed by atoms with Crippen LogP contribution in [0, 0.1) is 0 Å². The summed E-state index contributed by atoms with van der Waals surface area (Å²) in [6.07, 6.45) is 6.86. The molecule has 11 heteroatoms. The highest BCUT2D eigenvalue weighted by Crippen LogP contribution is 2.39. The Morgan fingerprint density at radius 2 is 1.90 bits per heavy atom. The standard InChI is InChI=1S/C31H34ClN7O3/c1-4-34-31(41)39-21(3)38(26-12-14-33-18-27(26)39)15-16-42-19-22-17-24(23-9-5-6-10-25(23)32)29(20(2)36-22)30(40)37-28-11-7-8-13-35-28/h5-14,17-18,21,24,36H,4,15-16,19H2,1-3H3,(H,34,41)(H,35,37,40). The minimum absolute atomic E-state index is 0.157. The molecule has 2 unspecified atom stereocenters. The van der Waals surface area contributed by atoms with Crippen molar-refractivity contribution in [1.29, 1.82) is 0 Å². The number of anilines is 3. The summed E-state index contributed by atoms with van der Waals surface area (Å²) in [5, 5.41) is 9.70. The zero-order chi connectivity index (χ0) is 29.6. The van der Waals surface area contributed by atoms with Crippen molar-refractivity contribution in [2.24, 2.45) is 0 Å². The Morgan fingerprint density at radius 3 is 2.67 bits per heavy atom. The lowest BCUT2D eigenvalue weighted by atomic mass is 9.86. The molecular formula is C31H34ClN7O3. The largest absolute Gasteiger partial charge is 0.373 e. The molecule has 2 aliphatic heterocycles. The van der Waals surface area contributed by atoms with Crippen molar-refractivity contribution in [3.8, 4) is 0 Å². The minimum Gasteiger partial charge on any atom is -0.373 e. The van der Waals surface area contributed by atoms with Crippen molar-refractivity contribution < 1.29 is 14.3 Å². The van der Waals surface area contributed by atoms with Crippen molar-refractivity contribution in [3.63, 3.8) is 0 Å². The monoisotopic (exact) mass is 587 g/mol. The number of nitrogens with one attached hydrogen (secondary N) is 3. The van der Waals surface area contributed by atoms with Gasteiger partial charge in [-0.05, 0) is 50.6 Å². The van der Waals surface area contributed by atoms with Crippen LogP contribution in [0.15, 0.2) is 90.2 Å². The summed E-state index contributed by atoms with van der Waals surface area (Å²) in [6, 6.07) is 14.6. The number of aromatic nitrogens is 2. The summed E-state index contributed by atoms with van der Waals surface area (Å²) in [7, 11) is 0. The first-order valence-electron chi connectivity index (χ1n) is 13.9. The van der Waals surface area contributed by atoms with Crippen LogP contribution in [0.3, 0.4) is 0 Å². The Bertz CT molecular complexity index is 1510. The molecule has 218 valence electrons. The van der Waals surface area contributed by atoms with Crippen LogP contribution in [-0.4, -0.2) is 54.4 Å². The highest BCUT2D eigenvalue weighted by Gasteiger charge is 2.36. The predicted molar refractivity (Wildman–Crippen MR) is 164 cm³/mol. The van der Waals surface area contributed by atoms with E-state index in [4.69, 9.17) is 16.3 Å². The Hall–Kier alpha value is -4.41. The quantitative estimate of drug-likeness (QED) is 0.301. The van der Waals surface area contributed by atoms with E-state index >= 15 is 0 Å². The Morgan fingerprint density at radius 1 is 1.10 bits per heavy atom. The van der Waals surface area contributed by atoms with Gasteiger partial charge in [-0.25, -0.2) is 9.78 Å². The van der Waals surface area contributed by atoms with Crippen LogP contribution in [0.5, 0.6) is 0 Å². The molecule has 0 aliphatic carbocycles. The summed E-state index contributed by atoms with van der Waals surface area (Å²) in [6.45, 7) is 7.59. The van der Waals surface area contributed by atoms with Crippen molar-refractivity contribution in [1.82, 2.24) is 20.6 Å². The van der Waals surface area contributed by atoms with Crippen molar-refractivity contribution in [2.75, 3.05) is 41.4 Å². The minimum atomic E-state index is -0.383. The molecule has 2 aliphatic rings. The van der Waals surface area contributed by atoms with E-state index in [-0.39, 0.29) is 24.0 Å². The molecule has 4 heterocycles. The molecule has 0 bridgehead atoms. The second-order valence-electron chi connectivity index (χ2n) is 9.97. The van der Waals surface area contributed by atoms with E-state index in [0.29, 0.717) is 48.4 Å². The van der Waals surface area contributed by atoms with Gasteiger partial charge >= 0.3 is 6.03 Å². The molecule has 2 atom stereocenters. The molecule has 3 amide bonds. The number of pyridine rings is 2. The van der Waals surface area contributed by atoms with Gasteiger partial charge in [-0.15, -0.1) is 0 Å². The van der Waals surface area contributed by atoms with Gasteiger partial charge in [-0.1, -0.05) is 41.9 Å². The molecule has 2 aromatic heterocycles. The lowest BCUT2D eigenvalue weighted by Crippen LogP contribution is -2.49. The van der Waals surface area contributed by atoms with E-state index < -0.39 is 0 Å². The Labute approximate surface area is 250 Å². The maximum absolute atomic E-state index is 13.4. The number of nitrogens with zero attached hydrogens (tertiary/aromatic N) is 4. The molecule has 0 radical (unpaired) electrons. The lowest BCUT2D eigenvalue weighted by molar-refractivity contribution is -0.113. The molecule has 3 N–H and O–H groups in total. The third kappa shape index (κ3) is 6.09. The van der Waals surface area contributed by atoms with E-state index in [1.54, 1.807) is 35.6 Å². The van der Waals surface area contributed by atoms with E-state index in [0.717, 1.165) is 22.6 Å². The van der Waals surface area contributed by atoms with Crippen LogP contribution < -0.4 is 25.8 Å². The fraction of sp³-hybridized carbons (Fsp3) is 0.290. The maximum atomic E-state index is 13.4. The fourth-order valence-corrected chi connectivity index (χ4v) is 5.63. The molecule has 0 saturated carbocycles. The molecule has 0 spiro atoms. The second kappa shape index (κ2) is 13.1. The number of rotatable bonds is 9. The van der Waals surface area contributed by atoms with Crippen LogP contribution >= 0.6 is 11.6 Å². The van der Waals surface area contributed by atoms with Crippen LogP contribution in [0.25, 0.3) is 0 Å². The number of dihydropyridines is 1. The molecule has 42 heavy (non-hydrogen) atoms. The number of hydrogen-bond donors (Lipinski definition) is 3. The molecule has 10 nitrogen and oxygen atoms in total. The first-order valence-corrected chi connectivity index (χ1v) is 14.3. The number of allylic oxidation sites excluding steroid dienone is 2. The van der Waals surface area contributed by atoms with Gasteiger partial charge in [0.25, 0.3) is 5.91 Å². The number of halogens is 1. The average Bonchev–Trinajstić information content (AvgIpc) is 3.26. The second-order valence-corrected chi connectivity index (χ2v) is 10.4. The number of benzene rings is 1. The summed E-state index contributed by atoms with van der Waals surface area (Å²) in [5.74, 6) is -0.170. The number of amides is 3. The average molecular weight is 588 g/mol. The van der Waals surface area contributed by atoms with E-state index in [1.165, 1.54) is 0 Å². The number of carbonyl (C=O) groups excluding carboxylic acids is 2. The van der Waals surface area contributed by atoms with E-state index in [1.807, 2.05) is 63.2 Å². The van der Waals surface area contributed by atoms with Crippen LogP contribution in [0.1, 0.15) is 32.3 Å². The molecule has 3 aromatic rings. The van der Waals surface area contributed by atoms with Crippen molar-refractivity contribution >= 4 is 40.7 Å². The zero-order valence-electron chi connectivity index (χ0n) is 23.8. The highest BCUT2D eigenvalue weighted by atomic mass is 35.5. The lowest BCUT2D eigenvalue weighted by Gasteiger charge is -2.29. The molecule has 0 fully saturated rings. The number of hydrogen-bond acceptors (Lipinski definition) is 7. The number of ether oxygens (including phenoxy) is 1. The van der Waals surface area contributed by atoms with Crippen molar-refractivity contribution in [3.05, 3.63) is 101 Å². The first kappa shape index (κ1) is 29.1. The van der Waals surface area contributed by atoms with Crippen LogP contribution in [0.2, 0.25) is 5.02 Å². The third-order valence-corrected chi connectivity index (χ3v) is 7.62. The smallest absolute Gasteiger partial charge is 0.323 e. The van der Waals surface area contributed by atoms with Gasteiger partial charge < -0.3 is 25.6 Å². The molecular weight excluding hydrogens is 554 g/mol. The predicted octanol–water partition coefficient (Wildman–Crippen LogP) is 5.03. The first-order chi connectivity index (χ1) is 20.4. The Balaban J connectivity index is 1.28. The highest BCUT2D eigenvalue weighted by molar-refractivity contribution is 6.31. The summed E-state index contributed by atoms with van der Waals surface area (Å²) in [4.78, 5) is 38.5. The van der Waals surface area contributed by atoms with Crippen LogP contribution in [-0.2, 0) is 9.53 Å². The van der Waals surface area contributed by atoms with Gasteiger partial charge in [0.2, 0.25) is 0 Å². The maximum Gasteiger partial charge on any atom is 0.323 e. The topological polar surface area (TPSA) is 112 Å². The van der Waals surface area contributed by atoms with Crippen molar-refractivity contribution in [2.45, 2.75) is 32.9 Å². The van der Waals surface area contributed by atoms with E-state index in [2.05, 4.69) is 30.8 Å². The Kier molecular flexibility index (Phi) is 9.04. The van der Waals surface area contributed by atoms with Gasteiger partial charge in [-0.3, -0.25) is 14.7 Å².